The number of imidazole rings is 1. The van der Waals surface area contributed by atoms with E-state index in [1.165, 1.54) is 12.8 Å². The average Bonchev–Trinajstić information content (AvgIpc) is 3.15. The molecule has 152 valence electrons. The lowest BCUT2D eigenvalue weighted by Crippen LogP contribution is -2.56. The van der Waals surface area contributed by atoms with Gasteiger partial charge in [-0.25, -0.2) is 4.98 Å². The van der Waals surface area contributed by atoms with Crippen LogP contribution in [0.2, 0.25) is 0 Å². The maximum atomic E-state index is 13.1. The number of rotatable bonds is 5. The first kappa shape index (κ1) is 19.4. The molecule has 0 saturated carbocycles. The normalized spacial score (nSPS) is 23.2. The van der Waals surface area contributed by atoms with E-state index in [0.29, 0.717) is 11.9 Å². The first-order valence-electron chi connectivity index (χ1n) is 10.8. The molecule has 2 fully saturated rings. The van der Waals surface area contributed by atoms with Crippen molar-refractivity contribution in [3.8, 4) is 0 Å². The summed E-state index contributed by atoms with van der Waals surface area (Å²) < 4.78 is 2.08. The summed E-state index contributed by atoms with van der Waals surface area (Å²) in [4.78, 5) is 24.8. The van der Waals surface area contributed by atoms with Gasteiger partial charge in [-0.05, 0) is 44.7 Å². The van der Waals surface area contributed by atoms with E-state index in [4.69, 9.17) is 4.98 Å². The van der Waals surface area contributed by atoms with Gasteiger partial charge in [0.15, 0.2) is 0 Å². The van der Waals surface area contributed by atoms with Crippen molar-refractivity contribution in [2.45, 2.75) is 58.2 Å². The molecule has 2 aliphatic rings. The molecule has 2 aliphatic heterocycles. The fourth-order valence-corrected chi connectivity index (χ4v) is 4.71. The Balaban J connectivity index is 1.31. The summed E-state index contributed by atoms with van der Waals surface area (Å²) in [6, 6.07) is 6.53. The van der Waals surface area contributed by atoms with Crippen LogP contribution in [0.5, 0.6) is 0 Å². The van der Waals surface area contributed by atoms with E-state index in [-0.39, 0.29) is 6.04 Å². The monoisotopic (exact) mass is 383 g/mol. The van der Waals surface area contributed by atoms with Crippen molar-refractivity contribution < 1.29 is 4.79 Å². The van der Waals surface area contributed by atoms with Gasteiger partial charge in [0.25, 0.3) is 0 Å². The largest absolute Gasteiger partial charge is 0.338 e. The SMILES string of the molecule is CCC1CCCCN1C(=O)C(C)N1CCN(Cc2cn3ccccc3n2)CC1. The highest BCUT2D eigenvalue weighted by Crippen LogP contribution is 2.22. The standard InChI is InChI=1S/C22H33N5O/c1-3-20-8-4-7-11-27(20)22(28)18(2)25-14-12-24(13-15-25)16-19-17-26-10-6-5-9-21(26)23-19/h5-6,9-10,17-18,20H,3-4,7-8,11-16H2,1-2H3. The molecule has 2 atom stereocenters. The molecule has 1 amide bonds. The molecule has 6 nitrogen and oxygen atoms in total. The number of likely N-dealkylation sites (tertiary alicyclic amines) is 1. The summed E-state index contributed by atoms with van der Waals surface area (Å²) in [5.74, 6) is 0.334. The van der Waals surface area contributed by atoms with Crippen LogP contribution in [0.15, 0.2) is 30.6 Å². The molecular weight excluding hydrogens is 350 g/mol. The van der Waals surface area contributed by atoms with Crippen molar-refractivity contribution in [3.05, 3.63) is 36.3 Å². The van der Waals surface area contributed by atoms with Crippen LogP contribution in [0.1, 0.15) is 45.2 Å². The van der Waals surface area contributed by atoms with Crippen molar-refractivity contribution >= 4 is 11.6 Å². The number of carbonyl (C=O) groups excluding carboxylic acids is 1. The van der Waals surface area contributed by atoms with Gasteiger partial charge in [0.1, 0.15) is 5.65 Å². The van der Waals surface area contributed by atoms with Crippen LogP contribution in [0.4, 0.5) is 0 Å². The molecule has 2 saturated heterocycles. The predicted octanol–water partition coefficient (Wildman–Crippen LogP) is 2.63. The van der Waals surface area contributed by atoms with Crippen molar-refractivity contribution in [1.82, 2.24) is 24.1 Å². The minimum absolute atomic E-state index is 0.00973. The minimum Gasteiger partial charge on any atom is -0.338 e. The second-order valence-corrected chi connectivity index (χ2v) is 8.28. The van der Waals surface area contributed by atoms with Crippen LogP contribution < -0.4 is 0 Å². The number of piperidine rings is 1. The maximum absolute atomic E-state index is 13.1. The second-order valence-electron chi connectivity index (χ2n) is 8.28. The number of hydrogen-bond donors (Lipinski definition) is 0. The Morgan fingerprint density at radius 1 is 1.18 bits per heavy atom. The number of amides is 1. The molecule has 0 radical (unpaired) electrons. The number of hydrogen-bond acceptors (Lipinski definition) is 4. The number of pyridine rings is 1. The third-order valence-electron chi connectivity index (χ3n) is 6.49. The fraction of sp³-hybridized carbons (Fsp3) is 0.636. The van der Waals surface area contributed by atoms with Crippen molar-refractivity contribution in [2.75, 3.05) is 32.7 Å². The molecule has 0 aliphatic carbocycles. The van der Waals surface area contributed by atoms with Gasteiger partial charge in [0, 0.05) is 57.7 Å². The molecule has 4 heterocycles. The fourth-order valence-electron chi connectivity index (χ4n) is 4.71. The summed E-state index contributed by atoms with van der Waals surface area (Å²) in [5, 5.41) is 0. The van der Waals surface area contributed by atoms with E-state index in [1.807, 2.05) is 24.4 Å². The minimum atomic E-state index is -0.00973. The molecule has 28 heavy (non-hydrogen) atoms. The number of piperazine rings is 1. The molecule has 2 aromatic heterocycles. The lowest BCUT2D eigenvalue weighted by atomic mass is 9.99. The van der Waals surface area contributed by atoms with Crippen molar-refractivity contribution in [3.63, 3.8) is 0 Å². The Labute approximate surface area is 168 Å². The van der Waals surface area contributed by atoms with Crippen LogP contribution in [0.3, 0.4) is 0 Å². The molecule has 6 heteroatoms. The molecule has 0 spiro atoms. The zero-order chi connectivity index (χ0) is 19.5. The van der Waals surface area contributed by atoms with E-state index >= 15 is 0 Å². The Hall–Kier alpha value is -1.92. The van der Waals surface area contributed by atoms with Gasteiger partial charge >= 0.3 is 0 Å². The van der Waals surface area contributed by atoms with Gasteiger partial charge in [0.05, 0.1) is 11.7 Å². The first-order chi connectivity index (χ1) is 13.7. The summed E-state index contributed by atoms with van der Waals surface area (Å²) >= 11 is 0. The van der Waals surface area contributed by atoms with Crippen molar-refractivity contribution in [2.24, 2.45) is 0 Å². The van der Waals surface area contributed by atoms with Gasteiger partial charge in [-0.15, -0.1) is 0 Å². The van der Waals surface area contributed by atoms with Gasteiger partial charge in [-0.2, -0.15) is 0 Å². The highest BCUT2D eigenvalue weighted by Gasteiger charge is 2.32. The van der Waals surface area contributed by atoms with Crippen molar-refractivity contribution in [1.29, 1.82) is 0 Å². The molecular formula is C22H33N5O. The predicted molar refractivity (Wildman–Crippen MR) is 111 cm³/mol. The molecule has 2 unspecified atom stereocenters. The first-order valence-corrected chi connectivity index (χ1v) is 10.8. The highest BCUT2D eigenvalue weighted by atomic mass is 16.2. The maximum Gasteiger partial charge on any atom is 0.239 e. The number of carbonyl (C=O) groups is 1. The van der Waals surface area contributed by atoms with Gasteiger partial charge in [-0.3, -0.25) is 14.6 Å². The molecule has 2 aromatic rings. The van der Waals surface area contributed by atoms with Crippen LogP contribution in [-0.4, -0.2) is 74.8 Å². The Bertz CT molecular complexity index is 762. The van der Waals surface area contributed by atoms with Gasteiger partial charge in [0.2, 0.25) is 5.91 Å². The third kappa shape index (κ3) is 4.08. The number of fused-ring (bicyclic) bond motifs is 1. The quantitative estimate of drug-likeness (QED) is 0.796. The topological polar surface area (TPSA) is 44.1 Å². The molecule has 0 bridgehead atoms. The average molecular weight is 384 g/mol. The van der Waals surface area contributed by atoms with Gasteiger partial charge < -0.3 is 9.30 Å². The van der Waals surface area contributed by atoms with Crippen LogP contribution >= 0.6 is 0 Å². The summed E-state index contributed by atoms with van der Waals surface area (Å²) in [7, 11) is 0. The van der Waals surface area contributed by atoms with Crippen LogP contribution in [0.25, 0.3) is 5.65 Å². The zero-order valence-corrected chi connectivity index (χ0v) is 17.3. The second kappa shape index (κ2) is 8.62. The Kier molecular flexibility index (Phi) is 5.97. The zero-order valence-electron chi connectivity index (χ0n) is 17.3. The summed E-state index contributed by atoms with van der Waals surface area (Å²) in [6.07, 6.45) is 8.82. The van der Waals surface area contributed by atoms with E-state index in [9.17, 15) is 4.79 Å². The Morgan fingerprint density at radius 2 is 2.00 bits per heavy atom. The lowest BCUT2D eigenvalue weighted by Gasteiger charge is -2.42. The summed E-state index contributed by atoms with van der Waals surface area (Å²) in [5.41, 5.74) is 2.12. The van der Waals surface area contributed by atoms with E-state index in [0.717, 1.165) is 63.5 Å². The molecule has 4 rings (SSSR count). The van der Waals surface area contributed by atoms with Gasteiger partial charge in [-0.1, -0.05) is 13.0 Å². The van der Waals surface area contributed by atoms with E-state index in [1.54, 1.807) is 0 Å². The van der Waals surface area contributed by atoms with E-state index in [2.05, 4.69) is 39.1 Å². The summed E-state index contributed by atoms with van der Waals surface area (Å²) in [6.45, 7) is 10.00. The number of nitrogens with zero attached hydrogens (tertiary/aromatic N) is 5. The highest BCUT2D eigenvalue weighted by molar-refractivity contribution is 5.82. The van der Waals surface area contributed by atoms with Crippen LogP contribution in [-0.2, 0) is 11.3 Å². The molecule has 0 N–H and O–H groups in total. The smallest absolute Gasteiger partial charge is 0.239 e. The van der Waals surface area contributed by atoms with Crippen LogP contribution in [0, 0.1) is 0 Å². The number of aromatic nitrogens is 2. The third-order valence-corrected chi connectivity index (χ3v) is 6.49. The van der Waals surface area contributed by atoms with E-state index < -0.39 is 0 Å². The molecule has 0 aromatic carbocycles. The Morgan fingerprint density at radius 3 is 2.75 bits per heavy atom. The lowest BCUT2D eigenvalue weighted by molar-refractivity contribution is -0.141.